The minimum absolute atomic E-state index is 0.627. The highest BCUT2D eigenvalue weighted by Gasteiger charge is 2.46. The summed E-state index contributed by atoms with van der Waals surface area (Å²) >= 11 is 0. The van der Waals surface area contributed by atoms with Gasteiger partial charge in [0.15, 0.2) is 0 Å². The van der Waals surface area contributed by atoms with Crippen molar-refractivity contribution in [1.29, 1.82) is 0 Å². The zero-order valence-corrected chi connectivity index (χ0v) is 12.0. The minimum Gasteiger partial charge on any atom is -0.364 e. The van der Waals surface area contributed by atoms with Crippen LogP contribution in [0.15, 0.2) is 24.4 Å². The maximum Gasteiger partial charge on any atom is 0.0190 e. The number of hydrogen-bond donors (Lipinski definition) is 1. The smallest absolute Gasteiger partial charge is 0.0190 e. The van der Waals surface area contributed by atoms with Crippen LogP contribution in [0.3, 0.4) is 0 Å². The highest BCUT2D eigenvalue weighted by molar-refractivity contribution is 5.29. The molecule has 0 aliphatic heterocycles. The highest BCUT2D eigenvalue weighted by Crippen LogP contribution is 2.55. The second-order valence-electron chi connectivity index (χ2n) is 6.84. The lowest BCUT2D eigenvalue weighted by Crippen LogP contribution is -2.23. The van der Waals surface area contributed by atoms with Crippen molar-refractivity contribution < 1.29 is 0 Å². The van der Waals surface area contributed by atoms with Gasteiger partial charge in [-0.1, -0.05) is 39.8 Å². The van der Waals surface area contributed by atoms with Crippen molar-refractivity contribution in [2.24, 2.45) is 23.7 Å². The third kappa shape index (κ3) is 1.75. The molecule has 1 heteroatoms. The maximum atomic E-state index is 3.56. The van der Waals surface area contributed by atoms with Crippen LogP contribution in [0.2, 0.25) is 0 Å². The molecular formula is C17H25N. The molecular weight excluding hydrogens is 218 g/mol. The summed E-state index contributed by atoms with van der Waals surface area (Å²) in [5.74, 6) is 4.57. The van der Waals surface area contributed by atoms with E-state index >= 15 is 0 Å². The Morgan fingerprint density at radius 2 is 1.83 bits per heavy atom. The first kappa shape index (κ1) is 12.1. The standard InChI is InChI=1S/C17H25N/c1-10(2)14-8-15(18-9-14)17-13-6-5-12(7-13)16(17)11(3)4/h5-6,8-13,16-18H,7H2,1-4H3. The Morgan fingerprint density at radius 3 is 2.44 bits per heavy atom. The molecule has 1 aromatic rings. The van der Waals surface area contributed by atoms with Crippen molar-refractivity contribution in [2.45, 2.75) is 46.0 Å². The van der Waals surface area contributed by atoms with Gasteiger partial charge in [-0.2, -0.15) is 0 Å². The van der Waals surface area contributed by atoms with Gasteiger partial charge in [-0.15, -0.1) is 0 Å². The molecule has 3 rings (SSSR count). The zero-order valence-electron chi connectivity index (χ0n) is 12.0. The summed E-state index contributed by atoms with van der Waals surface area (Å²) in [5, 5.41) is 0. The number of nitrogens with one attached hydrogen (secondary N) is 1. The number of hydrogen-bond acceptors (Lipinski definition) is 0. The van der Waals surface area contributed by atoms with Gasteiger partial charge in [0, 0.05) is 17.8 Å². The van der Waals surface area contributed by atoms with Crippen molar-refractivity contribution in [3.05, 3.63) is 35.7 Å². The van der Waals surface area contributed by atoms with Crippen molar-refractivity contribution in [2.75, 3.05) is 0 Å². The third-order valence-corrected chi connectivity index (χ3v) is 5.04. The Morgan fingerprint density at radius 1 is 1.11 bits per heavy atom. The van der Waals surface area contributed by atoms with Crippen LogP contribution >= 0.6 is 0 Å². The van der Waals surface area contributed by atoms with Gasteiger partial charge in [0.1, 0.15) is 0 Å². The van der Waals surface area contributed by atoms with Crippen LogP contribution in [0.1, 0.15) is 57.2 Å². The van der Waals surface area contributed by atoms with Crippen molar-refractivity contribution in [3.8, 4) is 0 Å². The second-order valence-corrected chi connectivity index (χ2v) is 6.84. The fourth-order valence-electron chi connectivity index (χ4n) is 4.16. The predicted molar refractivity (Wildman–Crippen MR) is 76.7 cm³/mol. The molecule has 1 N–H and O–H groups in total. The monoisotopic (exact) mass is 243 g/mol. The minimum atomic E-state index is 0.627. The van der Waals surface area contributed by atoms with Crippen LogP contribution in [0.5, 0.6) is 0 Å². The number of allylic oxidation sites excluding steroid dienone is 2. The van der Waals surface area contributed by atoms with Gasteiger partial charge in [-0.3, -0.25) is 0 Å². The van der Waals surface area contributed by atoms with Gasteiger partial charge in [-0.25, -0.2) is 0 Å². The molecule has 1 nitrogen and oxygen atoms in total. The lowest BCUT2D eigenvalue weighted by molar-refractivity contribution is 0.290. The van der Waals surface area contributed by atoms with E-state index in [2.05, 4.69) is 57.1 Å². The summed E-state index contributed by atoms with van der Waals surface area (Å²) in [6.07, 6.45) is 8.53. The summed E-state index contributed by atoms with van der Waals surface area (Å²) in [5.41, 5.74) is 2.94. The van der Waals surface area contributed by atoms with Gasteiger partial charge < -0.3 is 4.98 Å². The van der Waals surface area contributed by atoms with Crippen LogP contribution in [-0.2, 0) is 0 Å². The average Bonchev–Trinajstić information content (AvgIpc) is 3.02. The molecule has 0 amide bonds. The molecule has 0 saturated heterocycles. The van der Waals surface area contributed by atoms with Crippen LogP contribution in [-0.4, -0.2) is 4.98 Å². The molecule has 2 aliphatic carbocycles. The summed E-state index contributed by atoms with van der Waals surface area (Å²) in [4.78, 5) is 3.56. The normalized spacial score (nSPS) is 34.1. The topological polar surface area (TPSA) is 15.8 Å². The molecule has 0 aromatic carbocycles. The molecule has 4 unspecified atom stereocenters. The molecule has 2 bridgehead atoms. The first-order valence-corrected chi connectivity index (χ1v) is 7.44. The number of rotatable bonds is 3. The van der Waals surface area contributed by atoms with Crippen LogP contribution < -0.4 is 0 Å². The molecule has 0 radical (unpaired) electrons. The second kappa shape index (κ2) is 4.29. The summed E-state index contributed by atoms with van der Waals surface area (Å²) in [7, 11) is 0. The molecule has 1 fully saturated rings. The largest absolute Gasteiger partial charge is 0.364 e. The molecule has 4 atom stereocenters. The zero-order chi connectivity index (χ0) is 12.9. The van der Waals surface area contributed by atoms with Gasteiger partial charge in [-0.05, 0) is 47.6 Å². The lowest BCUT2D eigenvalue weighted by atomic mass is 9.75. The number of aromatic nitrogens is 1. The van der Waals surface area contributed by atoms with Crippen LogP contribution in [0.25, 0.3) is 0 Å². The van der Waals surface area contributed by atoms with E-state index < -0.39 is 0 Å². The fraction of sp³-hybridized carbons (Fsp3) is 0.647. The van der Waals surface area contributed by atoms with Crippen molar-refractivity contribution >= 4 is 0 Å². The summed E-state index contributed by atoms with van der Waals surface area (Å²) < 4.78 is 0. The molecule has 1 saturated carbocycles. The Balaban J connectivity index is 1.92. The molecule has 1 aromatic heterocycles. The maximum absolute atomic E-state index is 3.56. The first-order chi connectivity index (χ1) is 8.58. The number of H-pyrrole nitrogens is 1. The molecule has 0 spiro atoms. The van der Waals surface area contributed by atoms with Crippen LogP contribution in [0, 0.1) is 23.7 Å². The Bertz CT molecular complexity index is 452. The van der Waals surface area contributed by atoms with Gasteiger partial charge in [0.25, 0.3) is 0 Å². The summed E-state index contributed by atoms with van der Waals surface area (Å²) in [6.45, 7) is 9.32. The van der Waals surface area contributed by atoms with Gasteiger partial charge in [0.05, 0.1) is 0 Å². The molecule has 98 valence electrons. The van der Waals surface area contributed by atoms with E-state index in [1.807, 2.05) is 0 Å². The van der Waals surface area contributed by atoms with E-state index in [0.29, 0.717) is 5.92 Å². The lowest BCUT2D eigenvalue weighted by Gasteiger charge is -2.30. The van der Waals surface area contributed by atoms with E-state index in [1.54, 1.807) is 0 Å². The average molecular weight is 243 g/mol. The Labute approximate surface area is 111 Å². The third-order valence-electron chi connectivity index (χ3n) is 5.04. The fourth-order valence-corrected chi connectivity index (χ4v) is 4.16. The van der Waals surface area contributed by atoms with Gasteiger partial charge in [0.2, 0.25) is 0 Å². The highest BCUT2D eigenvalue weighted by atomic mass is 14.7. The first-order valence-electron chi connectivity index (χ1n) is 7.44. The van der Waals surface area contributed by atoms with Crippen molar-refractivity contribution in [3.63, 3.8) is 0 Å². The molecule has 1 heterocycles. The van der Waals surface area contributed by atoms with E-state index in [0.717, 1.165) is 29.6 Å². The summed E-state index contributed by atoms with van der Waals surface area (Å²) in [6, 6.07) is 2.42. The number of fused-ring (bicyclic) bond motifs is 2. The van der Waals surface area contributed by atoms with E-state index in [9.17, 15) is 0 Å². The SMILES string of the molecule is CC(C)c1c[nH]c(C2C3C=CC(C3)C2C(C)C)c1. The quantitative estimate of drug-likeness (QED) is 0.741. The van der Waals surface area contributed by atoms with Crippen LogP contribution in [0.4, 0.5) is 0 Å². The van der Waals surface area contributed by atoms with Crippen molar-refractivity contribution in [1.82, 2.24) is 4.98 Å². The number of aromatic amines is 1. The van der Waals surface area contributed by atoms with Gasteiger partial charge >= 0.3 is 0 Å². The van der Waals surface area contributed by atoms with E-state index in [-0.39, 0.29) is 0 Å². The Hall–Kier alpha value is -0.980. The molecule has 2 aliphatic rings. The van der Waals surface area contributed by atoms with E-state index in [1.165, 1.54) is 17.7 Å². The predicted octanol–water partition coefficient (Wildman–Crippen LogP) is 4.70. The Kier molecular flexibility index (Phi) is 2.88. The molecule has 18 heavy (non-hydrogen) atoms. The van der Waals surface area contributed by atoms with E-state index in [4.69, 9.17) is 0 Å².